The van der Waals surface area contributed by atoms with Crippen molar-refractivity contribution >= 4 is 23.2 Å². The summed E-state index contributed by atoms with van der Waals surface area (Å²) in [6.07, 6.45) is 4.30. The molecule has 0 saturated carbocycles. The van der Waals surface area contributed by atoms with Crippen LogP contribution in [-0.2, 0) is 4.79 Å². The molecule has 0 aliphatic carbocycles. The molecule has 0 radical (unpaired) electrons. The summed E-state index contributed by atoms with van der Waals surface area (Å²) in [5.41, 5.74) is 0.706. The van der Waals surface area contributed by atoms with E-state index in [-0.39, 0.29) is 11.9 Å². The summed E-state index contributed by atoms with van der Waals surface area (Å²) in [6, 6.07) is 5.12. The lowest BCUT2D eigenvalue weighted by Gasteiger charge is -2.16. The summed E-state index contributed by atoms with van der Waals surface area (Å²) in [5, 5.41) is 6.71. The lowest BCUT2D eigenvalue weighted by atomic mass is 10.1. The first kappa shape index (κ1) is 14.2. The van der Waals surface area contributed by atoms with E-state index >= 15 is 0 Å². The summed E-state index contributed by atoms with van der Waals surface area (Å²) >= 11 is 5.95. The predicted molar refractivity (Wildman–Crippen MR) is 76.9 cm³/mol. The van der Waals surface area contributed by atoms with Crippen LogP contribution in [0.2, 0.25) is 5.02 Å². The first-order chi connectivity index (χ1) is 9.20. The van der Waals surface area contributed by atoms with Gasteiger partial charge in [-0.15, -0.1) is 0 Å². The summed E-state index contributed by atoms with van der Waals surface area (Å²) < 4.78 is 5.13. The normalized spacial score (nSPS) is 19.6. The largest absolute Gasteiger partial charge is 0.495 e. The van der Waals surface area contributed by atoms with Crippen LogP contribution in [0.25, 0.3) is 0 Å². The average Bonchev–Trinajstić information content (AvgIpc) is 2.70. The second-order valence-electron chi connectivity index (χ2n) is 4.69. The third kappa shape index (κ3) is 3.85. The summed E-state index contributed by atoms with van der Waals surface area (Å²) in [6.45, 7) is 0.905. The van der Waals surface area contributed by atoms with Gasteiger partial charge in [0, 0.05) is 11.8 Å². The SMILES string of the molecule is COc1cc(NC(=O)C2CCCCCN2)ccc1Cl. The number of anilines is 1. The van der Waals surface area contributed by atoms with Gasteiger partial charge < -0.3 is 15.4 Å². The van der Waals surface area contributed by atoms with Gasteiger partial charge in [-0.25, -0.2) is 0 Å². The molecule has 2 N–H and O–H groups in total. The lowest BCUT2D eigenvalue weighted by molar-refractivity contribution is -0.118. The molecule has 1 aromatic rings. The molecule has 1 atom stereocenters. The Morgan fingerprint density at radius 3 is 3.05 bits per heavy atom. The molecule has 0 aromatic heterocycles. The molecule has 0 bridgehead atoms. The van der Waals surface area contributed by atoms with Gasteiger partial charge in [0.05, 0.1) is 18.2 Å². The molecule has 1 amide bonds. The molecule has 19 heavy (non-hydrogen) atoms. The Bertz CT molecular complexity index is 443. The molecule has 2 rings (SSSR count). The van der Waals surface area contributed by atoms with Crippen molar-refractivity contribution in [2.75, 3.05) is 19.0 Å². The van der Waals surface area contributed by atoms with E-state index in [9.17, 15) is 4.79 Å². The predicted octanol–water partition coefficient (Wildman–Crippen LogP) is 2.82. The van der Waals surface area contributed by atoms with Crippen molar-refractivity contribution in [3.05, 3.63) is 23.2 Å². The number of halogens is 1. The van der Waals surface area contributed by atoms with Crippen LogP contribution in [0.1, 0.15) is 25.7 Å². The molecule has 1 aliphatic rings. The fourth-order valence-corrected chi connectivity index (χ4v) is 2.41. The number of amides is 1. The number of hydrogen-bond acceptors (Lipinski definition) is 3. The van der Waals surface area contributed by atoms with E-state index in [1.54, 1.807) is 25.3 Å². The van der Waals surface area contributed by atoms with Crippen molar-refractivity contribution in [1.82, 2.24) is 5.32 Å². The standard InChI is InChI=1S/C14H19ClN2O2/c1-19-13-9-10(6-7-11(13)15)17-14(18)12-5-3-2-4-8-16-12/h6-7,9,12,16H,2-5,8H2,1H3,(H,17,18). The average molecular weight is 283 g/mol. The number of hydrogen-bond donors (Lipinski definition) is 2. The first-order valence-corrected chi connectivity index (χ1v) is 6.96. The highest BCUT2D eigenvalue weighted by Crippen LogP contribution is 2.27. The van der Waals surface area contributed by atoms with Gasteiger partial charge in [-0.3, -0.25) is 4.79 Å². The van der Waals surface area contributed by atoms with Gasteiger partial charge in [0.2, 0.25) is 5.91 Å². The highest BCUT2D eigenvalue weighted by Gasteiger charge is 2.19. The zero-order valence-corrected chi connectivity index (χ0v) is 11.8. The minimum absolute atomic E-state index is 0.00581. The number of carbonyl (C=O) groups excluding carboxylic acids is 1. The lowest BCUT2D eigenvalue weighted by Crippen LogP contribution is -2.39. The Morgan fingerprint density at radius 2 is 2.26 bits per heavy atom. The van der Waals surface area contributed by atoms with E-state index in [2.05, 4.69) is 10.6 Å². The monoisotopic (exact) mass is 282 g/mol. The zero-order valence-electron chi connectivity index (χ0n) is 11.0. The van der Waals surface area contributed by atoms with Crippen LogP contribution < -0.4 is 15.4 Å². The fourth-order valence-electron chi connectivity index (χ4n) is 2.22. The van der Waals surface area contributed by atoms with Crippen molar-refractivity contribution in [2.45, 2.75) is 31.7 Å². The Morgan fingerprint density at radius 1 is 1.42 bits per heavy atom. The number of nitrogens with one attached hydrogen (secondary N) is 2. The van der Waals surface area contributed by atoms with Crippen molar-refractivity contribution in [3.63, 3.8) is 0 Å². The molecule has 1 aromatic carbocycles. The van der Waals surface area contributed by atoms with Crippen LogP contribution in [0.5, 0.6) is 5.75 Å². The molecule has 4 nitrogen and oxygen atoms in total. The second kappa shape index (κ2) is 6.78. The van der Waals surface area contributed by atoms with E-state index in [0.29, 0.717) is 16.5 Å². The van der Waals surface area contributed by atoms with Crippen LogP contribution in [0.3, 0.4) is 0 Å². The molecule has 1 fully saturated rings. The number of carbonyl (C=O) groups is 1. The van der Waals surface area contributed by atoms with Crippen LogP contribution in [0, 0.1) is 0 Å². The van der Waals surface area contributed by atoms with Gasteiger partial charge in [0.25, 0.3) is 0 Å². The topological polar surface area (TPSA) is 50.4 Å². The summed E-state index contributed by atoms with van der Waals surface area (Å²) in [7, 11) is 1.56. The highest BCUT2D eigenvalue weighted by atomic mass is 35.5. The van der Waals surface area contributed by atoms with Gasteiger partial charge in [-0.2, -0.15) is 0 Å². The molecule has 0 spiro atoms. The summed E-state index contributed by atoms with van der Waals surface area (Å²) in [5.74, 6) is 0.569. The van der Waals surface area contributed by atoms with Gasteiger partial charge in [-0.05, 0) is 31.5 Å². The number of benzene rings is 1. The third-order valence-corrected chi connectivity index (χ3v) is 3.61. The third-order valence-electron chi connectivity index (χ3n) is 3.30. The summed E-state index contributed by atoms with van der Waals surface area (Å²) in [4.78, 5) is 12.2. The molecular weight excluding hydrogens is 264 g/mol. The smallest absolute Gasteiger partial charge is 0.241 e. The molecule has 1 unspecified atom stereocenters. The zero-order chi connectivity index (χ0) is 13.7. The van der Waals surface area contributed by atoms with Crippen molar-refractivity contribution in [1.29, 1.82) is 0 Å². The molecule has 1 heterocycles. The van der Waals surface area contributed by atoms with Crippen molar-refractivity contribution in [3.8, 4) is 5.75 Å². The maximum Gasteiger partial charge on any atom is 0.241 e. The Hall–Kier alpha value is -1.26. The molecule has 1 aliphatic heterocycles. The van der Waals surface area contributed by atoms with E-state index < -0.39 is 0 Å². The van der Waals surface area contributed by atoms with Gasteiger partial charge >= 0.3 is 0 Å². The maximum absolute atomic E-state index is 12.2. The Kier molecular flexibility index (Phi) is 5.05. The van der Waals surface area contributed by atoms with Crippen LogP contribution >= 0.6 is 11.6 Å². The molecule has 5 heteroatoms. The highest BCUT2D eigenvalue weighted by molar-refractivity contribution is 6.32. The number of rotatable bonds is 3. The molecule has 1 saturated heterocycles. The number of methoxy groups -OCH3 is 1. The minimum atomic E-state index is -0.107. The molecule has 104 valence electrons. The Balaban J connectivity index is 2.01. The fraction of sp³-hybridized carbons (Fsp3) is 0.500. The quantitative estimate of drug-likeness (QED) is 0.896. The van der Waals surface area contributed by atoms with Gasteiger partial charge in [0.1, 0.15) is 5.75 Å². The second-order valence-corrected chi connectivity index (χ2v) is 5.10. The number of ether oxygens (including phenoxy) is 1. The Labute approximate surface area is 118 Å². The molecular formula is C14H19ClN2O2. The van der Waals surface area contributed by atoms with E-state index in [0.717, 1.165) is 25.8 Å². The van der Waals surface area contributed by atoms with Crippen LogP contribution in [0.15, 0.2) is 18.2 Å². The van der Waals surface area contributed by atoms with Crippen LogP contribution in [-0.4, -0.2) is 25.6 Å². The van der Waals surface area contributed by atoms with Crippen molar-refractivity contribution in [2.24, 2.45) is 0 Å². The van der Waals surface area contributed by atoms with Crippen LogP contribution in [0.4, 0.5) is 5.69 Å². The van der Waals surface area contributed by atoms with Crippen molar-refractivity contribution < 1.29 is 9.53 Å². The van der Waals surface area contributed by atoms with Gasteiger partial charge in [-0.1, -0.05) is 24.4 Å². The minimum Gasteiger partial charge on any atom is -0.495 e. The van der Waals surface area contributed by atoms with Gasteiger partial charge in [0.15, 0.2) is 0 Å². The maximum atomic E-state index is 12.2. The van der Waals surface area contributed by atoms with E-state index in [1.165, 1.54) is 6.42 Å². The van der Waals surface area contributed by atoms with E-state index in [1.807, 2.05) is 0 Å². The van der Waals surface area contributed by atoms with E-state index in [4.69, 9.17) is 16.3 Å². The first-order valence-electron chi connectivity index (χ1n) is 6.58.